The van der Waals surface area contributed by atoms with Gasteiger partial charge in [0.2, 0.25) is 0 Å². The minimum atomic E-state index is -0.256. The molecule has 6 heteroatoms. The predicted molar refractivity (Wildman–Crippen MR) is 311 cm³/mol. The Labute approximate surface area is 414 Å². The minimum absolute atomic E-state index is 0.0536. The summed E-state index contributed by atoms with van der Waals surface area (Å²) in [5.74, 6) is 1.74. The van der Waals surface area contributed by atoms with Gasteiger partial charge in [0, 0.05) is 0 Å². The summed E-state index contributed by atoms with van der Waals surface area (Å²) in [6.07, 6.45) is 24.3. The van der Waals surface area contributed by atoms with Crippen molar-refractivity contribution in [1.82, 2.24) is 0 Å². The molecule has 0 saturated carbocycles. The quantitative estimate of drug-likeness (QED) is 0.187. The molecule has 6 fully saturated rings. The second-order valence-corrected chi connectivity index (χ2v) is 41.5. The van der Waals surface area contributed by atoms with Crippen LogP contribution >= 0.6 is 47.5 Å². The molecule has 6 heterocycles. The van der Waals surface area contributed by atoms with Crippen molar-refractivity contribution in [2.45, 2.75) is 253 Å². The van der Waals surface area contributed by atoms with Crippen LogP contribution in [-0.4, -0.2) is 67.9 Å². The second kappa shape index (κ2) is 22.6. The van der Waals surface area contributed by atoms with Gasteiger partial charge in [0.15, 0.2) is 0 Å². The van der Waals surface area contributed by atoms with Crippen LogP contribution in [0, 0.1) is 11.8 Å². The smallest absolute Gasteiger partial charge is 0.0126 e. The van der Waals surface area contributed by atoms with Crippen molar-refractivity contribution in [3.8, 4) is 0 Å². The van der Waals surface area contributed by atoms with Gasteiger partial charge in [-0.25, -0.2) is 0 Å². The summed E-state index contributed by atoms with van der Waals surface area (Å²) >= 11 is 0. The van der Waals surface area contributed by atoms with Crippen LogP contribution in [-0.2, 0) is 6.42 Å². The van der Waals surface area contributed by atoms with Crippen LogP contribution in [0.1, 0.15) is 184 Å². The summed E-state index contributed by atoms with van der Waals surface area (Å²) in [6, 6.07) is 28.8. The van der Waals surface area contributed by atoms with Gasteiger partial charge in [0.1, 0.15) is 0 Å². The normalized spacial score (nSPS) is 40.0. The lowest BCUT2D eigenvalue weighted by atomic mass is 9.81. The lowest BCUT2D eigenvalue weighted by Crippen LogP contribution is -2.41. The highest BCUT2D eigenvalue weighted by atomic mass is 31.1. The molecule has 6 aliphatic heterocycles. The van der Waals surface area contributed by atoms with Gasteiger partial charge in [-0.3, -0.25) is 0 Å². The molecule has 0 radical (unpaired) electrons. The molecule has 3 aromatic rings. The highest BCUT2D eigenvalue weighted by molar-refractivity contribution is 7.75. The molecule has 66 heavy (non-hydrogen) atoms. The van der Waals surface area contributed by atoms with Crippen molar-refractivity contribution in [2.75, 3.05) is 0 Å². The van der Waals surface area contributed by atoms with E-state index in [1.807, 2.05) is 31.8 Å². The van der Waals surface area contributed by atoms with Crippen molar-refractivity contribution >= 4 is 79.4 Å². The van der Waals surface area contributed by atoms with Crippen LogP contribution in [0.15, 0.2) is 66.7 Å². The standard InChI is InChI=1S/C60H92P6/c1-40-21-12-13-22-41(2)61(40)56-28-17-19-30-58(56)66-44(5)23-14-15-26-52(66)38-51-34-36-59(62-42(3)24-20-25-43(62)4)60(39-51)64-47(8)33-35-53(49(64)10)54-37-48(9)65(50(54)11)57-29-18-16-27-55(57)63-45(6)31-32-46(63)7/h16-19,27-30,34,36,39-50,52-54H,12-15,20-26,31-33,35,37-38H2,1-11H3/t40-,41-,42-,43-,44-,45-,46-,47-,48-,49-,50-,52+,53?,54?,64?,65?,66?/m0/s1. The van der Waals surface area contributed by atoms with E-state index in [-0.39, 0.29) is 47.5 Å². The van der Waals surface area contributed by atoms with E-state index in [0.717, 1.165) is 79.7 Å². The summed E-state index contributed by atoms with van der Waals surface area (Å²) in [6.45, 7) is 29.5. The maximum absolute atomic E-state index is 2.97. The Morgan fingerprint density at radius 3 is 1.26 bits per heavy atom. The first-order chi connectivity index (χ1) is 31.8. The monoisotopic (exact) mass is 999 g/mol. The van der Waals surface area contributed by atoms with Gasteiger partial charge >= 0.3 is 0 Å². The van der Waals surface area contributed by atoms with Gasteiger partial charge in [-0.05, 0) is 194 Å². The van der Waals surface area contributed by atoms with Crippen molar-refractivity contribution < 1.29 is 0 Å². The van der Waals surface area contributed by atoms with E-state index in [1.165, 1.54) is 109 Å². The first kappa shape index (κ1) is 51.2. The fourth-order valence-corrected chi connectivity index (χ4v) is 38.3. The van der Waals surface area contributed by atoms with E-state index in [0.29, 0.717) is 0 Å². The maximum atomic E-state index is 2.97. The Hall–Kier alpha value is 0.240. The van der Waals surface area contributed by atoms with Crippen LogP contribution < -0.4 is 31.8 Å². The van der Waals surface area contributed by atoms with Gasteiger partial charge < -0.3 is 0 Å². The number of hydrogen-bond acceptors (Lipinski definition) is 0. The van der Waals surface area contributed by atoms with Crippen LogP contribution in [0.5, 0.6) is 0 Å². The van der Waals surface area contributed by atoms with E-state index in [1.54, 1.807) is 5.56 Å². The third-order valence-electron chi connectivity index (χ3n) is 19.0. The van der Waals surface area contributed by atoms with Crippen molar-refractivity contribution in [2.24, 2.45) is 11.8 Å². The average Bonchev–Trinajstić information content (AvgIpc) is 3.63. The van der Waals surface area contributed by atoms with Gasteiger partial charge in [-0.1, -0.05) is 223 Å². The summed E-state index contributed by atoms with van der Waals surface area (Å²) in [5, 5.41) is 11.2. The first-order valence-corrected chi connectivity index (χ1v) is 36.7. The number of benzene rings is 3. The van der Waals surface area contributed by atoms with Gasteiger partial charge in [0.25, 0.3) is 0 Å². The minimum Gasteiger partial charge on any atom is -0.0688 e. The molecule has 9 rings (SSSR count). The number of rotatable bonds is 9. The van der Waals surface area contributed by atoms with E-state index >= 15 is 0 Å². The van der Waals surface area contributed by atoms with Crippen LogP contribution in [0.2, 0.25) is 0 Å². The molecule has 362 valence electrons. The average molecular weight is 999 g/mol. The third kappa shape index (κ3) is 10.4. The summed E-state index contributed by atoms with van der Waals surface area (Å²) in [4.78, 5) is 0. The van der Waals surface area contributed by atoms with Crippen molar-refractivity contribution in [1.29, 1.82) is 0 Å². The molecule has 0 nitrogen and oxygen atoms in total. The van der Waals surface area contributed by atoms with E-state index in [2.05, 4.69) is 143 Å². The molecule has 6 aliphatic rings. The van der Waals surface area contributed by atoms with Gasteiger partial charge in [-0.15, -0.1) is 0 Å². The van der Waals surface area contributed by atoms with Crippen LogP contribution in [0.3, 0.4) is 0 Å². The Kier molecular flexibility index (Phi) is 17.5. The molecular weight excluding hydrogens is 907 g/mol. The third-order valence-corrected chi connectivity index (χ3v) is 39.7. The number of hydrogen-bond donors (Lipinski definition) is 0. The molecule has 0 aromatic heterocycles. The molecule has 0 amide bonds. The largest absolute Gasteiger partial charge is 0.0688 e. The topological polar surface area (TPSA) is 0 Å². The molecule has 0 aliphatic carbocycles. The first-order valence-electron chi connectivity index (χ1n) is 27.8. The summed E-state index contributed by atoms with van der Waals surface area (Å²) in [5.41, 5.74) is 11.8. The lowest BCUT2D eigenvalue weighted by molar-refractivity contribution is 0.286. The summed E-state index contributed by atoms with van der Waals surface area (Å²) < 4.78 is 0. The zero-order chi connectivity index (χ0) is 46.4. The Bertz CT molecular complexity index is 2030. The molecule has 3 aromatic carbocycles. The zero-order valence-electron chi connectivity index (χ0n) is 43.6. The molecular formula is C60H92P6. The molecule has 0 bridgehead atoms. The van der Waals surface area contributed by atoms with Crippen LogP contribution in [0.25, 0.3) is 0 Å². The van der Waals surface area contributed by atoms with Crippen molar-refractivity contribution in [3.05, 3.63) is 72.3 Å². The van der Waals surface area contributed by atoms with Gasteiger partial charge in [0.05, 0.1) is 0 Å². The zero-order valence-corrected chi connectivity index (χ0v) is 49.0. The molecule has 0 spiro atoms. The van der Waals surface area contributed by atoms with E-state index in [4.69, 9.17) is 0 Å². The molecule has 5 unspecified atom stereocenters. The summed E-state index contributed by atoms with van der Waals surface area (Å²) in [7, 11) is -0.985. The molecule has 6 saturated heterocycles. The Morgan fingerprint density at radius 1 is 0.333 bits per heavy atom. The second-order valence-electron chi connectivity index (χ2n) is 23.4. The van der Waals surface area contributed by atoms with Crippen LogP contribution in [0.4, 0.5) is 0 Å². The fraction of sp³-hybridized carbons (Fsp3) is 0.700. The fourth-order valence-electron chi connectivity index (χ4n) is 15.7. The maximum Gasteiger partial charge on any atom is -0.0126 e. The SMILES string of the molecule is C[C@H]1CCCC[C@H](Cc2ccc(P3[C@@H](C)CCC[C@@H]3C)c(P3[C@@H](C)CCC(C4C[C@H](C)P(c5ccccc5P5[C@@H](C)CC[C@@H]5C)[C@H]4C)[C@@H]3C)c2)P1c1ccccc1P1[C@@H](C)CCCC[C@@H]1C. The molecule has 17 atom stereocenters. The highest BCUT2D eigenvalue weighted by Gasteiger charge is 2.49. The lowest BCUT2D eigenvalue weighted by Gasteiger charge is -2.47. The van der Waals surface area contributed by atoms with Crippen molar-refractivity contribution in [3.63, 3.8) is 0 Å². The Balaban J connectivity index is 1.06. The van der Waals surface area contributed by atoms with E-state index < -0.39 is 0 Å². The van der Waals surface area contributed by atoms with E-state index in [9.17, 15) is 0 Å². The molecule has 0 N–H and O–H groups in total. The predicted octanol–water partition coefficient (Wildman–Crippen LogP) is 16.5. The Morgan fingerprint density at radius 2 is 0.712 bits per heavy atom. The van der Waals surface area contributed by atoms with Gasteiger partial charge in [-0.2, -0.15) is 0 Å². The highest BCUT2D eigenvalue weighted by Crippen LogP contribution is 2.66.